The van der Waals surface area contributed by atoms with Crippen LogP contribution in [0.1, 0.15) is 48.1 Å². The Morgan fingerprint density at radius 1 is 1.45 bits per heavy atom. The summed E-state index contributed by atoms with van der Waals surface area (Å²) in [4.78, 5) is 22.0. The van der Waals surface area contributed by atoms with Gasteiger partial charge >= 0.3 is 0 Å². The van der Waals surface area contributed by atoms with Gasteiger partial charge in [0.05, 0.1) is 11.8 Å². The molecule has 1 N–H and O–H groups in total. The summed E-state index contributed by atoms with van der Waals surface area (Å²) in [6.45, 7) is 3.73. The van der Waals surface area contributed by atoms with Crippen molar-refractivity contribution < 1.29 is 9.21 Å². The molecule has 5 nitrogen and oxygen atoms in total. The third-order valence-corrected chi connectivity index (χ3v) is 4.39. The molecular formula is C17H23N3O2. The number of hydrogen-bond donors (Lipinski definition) is 1. The van der Waals surface area contributed by atoms with Gasteiger partial charge in [0.15, 0.2) is 0 Å². The first kappa shape index (κ1) is 14.9. The molecule has 0 aliphatic carbocycles. The first-order valence-electron chi connectivity index (χ1n) is 8.11. The van der Waals surface area contributed by atoms with Crippen molar-refractivity contribution in [2.45, 2.75) is 39.0 Å². The highest BCUT2D eigenvalue weighted by atomic mass is 16.3. The molecule has 118 valence electrons. The van der Waals surface area contributed by atoms with E-state index in [9.17, 15) is 4.79 Å². The fourth-order valence-corrected chi connectivity index (χ4v) is 3.15. The smallest absolute Gasteiger partial charge is 0.257 e. The maximum absolute atomic E-state index is 12.6. The van der Waals surface area contributed by atoms with Gasteiger partial charge in [0.25, 0.3) is 5.91 Å². The fraction of sp³-hybridized carbons (Fsp3) is 0.529. The summed E-state index contributed by atoms with van der Waals surface area (Å²) < 4.78 is 5.45. The van der Waals surface area contributed by atoms with Crippen molar-refractivity contribution in [3.63, 3.8) is 0 Å². The van der Waals surface area contributed by atoms with Gasteiger partial charge in [-0.3, -0.25) is 4.79 Å². The van der Waals surface area contributed by atoms with Crippen LogP contribution in [-0.2, 0) is 12.8 Å². The molecule has 5 heteroatoms. The van der Waals surface area contributed by atoms with E-state index in [0.29, 0.717) is 5.92 Å². The van der Waals surface area contributed by atoms with Crippen molar-refractivity contribution in [1.82, 2.24) is 14.9 Å². The van der Waals surface area contributed by atoms with Gasteiger partial charge < -0.3 is 14.3 Å². The van der Waals surface area contributed by atoms with E-state index in [4.69, 9.17) is 4.42 Å². The highest BCUT2D eigenvalue weighted by Crippen LogP contribution is 2.23. The summed E-state index contributed by atoms with van der Waals surface area (Å²) in [6, 6.07) is 1.81. The Balaban J connectivity index is 1.56. The van der Waals surface area contributed by atoms with Crippen LogP contribution in [-0.4, -0.2) is 33.9 Å². The van der Waals surface area contributed by atoms with E-state index in [0.717, 1.165) is 62.3 Å². The number of nitrogens with one attached hydrogen (secondary N) is 1. The van der Waals surface area contributed by atoms with Crippen LogP contribution in [0.25, 0.3) is 0 Å². The van der Waals surface area contributed by atoms with Gasteiger partial charge in [0.1, 0.15) is 11.6 Å². The number of aromatic nitrogens is 2. The first-order valence-corrected chi connectivity index (χ1v) is 8.11. The highest BCUT2D eigenvalue weighted by molar-refractivity contribution is 5.95. The summed E-state index contributed by atoms with van der Waals surface area (Å²) >= 11 is 0. The normalized spacial score (nSPS) is 16.1. The molecule has 22 heavy (non-hydrogen) atoms. The lowest BCUT2D eigenvalue weighted by molar-refractivity contribution is 0.0687. The second-order valence-electron chi connectivity index (χ2n) is 5.98. The summed E-state index contributed by atoms with van der Waals surface area (Å²) in [5.74, 6) is 2.60. The quantitative estimate of drug-likeness (QED) is 0.923. The average molecular weight is 301 g/mol. The van der Waals surface area contributed by atoms with Gasteiger partial charge in [-0.2, -0.15) is 0 Å². The Labute approximate surface area is 130 Å². The van der Waals surface area contributed by atoms with Gasteiger partial charge in [0, 0.05) is 38.3 Å². The maximum Gasteiger partial charge on any atom is 0.257 e. The molecule has 3 heterocycles. The van der Waals surface area contributed by atoms with Gasteiger partial charge in [-0.15, -0.1) is 0 Å². The summed E-state index contributed by atoms with van der Waals surface area (Å²) in [6.07, 6.45) is 10.1. The Bertz CT molecular complexity index is 595. The van der Waals surface area contributed by atoms with Crippen LogP contribution in [0.15, 0.2) is 29.1 Å². The zero-order valence-corrected chi connectivity index (χ0v) is 13.0. The van der Waals surface area contributed by atoms with Crippen molar-refractivity contribution >= 4 is 5.91 Å². The number of amides is 1. The molecule has 1 saturated heterocycles. The van der Waals surface area contributed by atoms with Gasteiger partial charge in [-0.1, -0.05) is 6.92 Å². The molecule has 1 fully saturated rings. The van der Waals surface area contributed by atoms with Gasteiger partial charge in [-0.25, -0.2) is 4.98 Å². The second-order valence-corrected chi connectivity index (χ2v) is 5.98. The zero-order valence-electron chi connectivity index (χ0n) is 13.0. The predicted octanol–water partition coefficient (Wildman–Crippen LogP) is 3.05. The van der Waals surface area contributed by atoms with Crippen molar-refractivity contribution in [2.75, 3.05) is 13.1 Å². The number of carbonyl (C=O) groups excluding carboxylic acids is 1. The van der Waals surface area contributed by atoms with E-state index in [1.54, 1.807) is 12.5 Å². The van der Waals surface area contributed by atoms with E-state index in [-0.39, 0.29) is 5.91 Å². The lowest BCUT2D eigenvalue weighted by Gasteiger charge is -2.31. The van der Waals surface area contributed by atoms with Crippen LogP contribution < -0.4 is 0 Å². The molecule has 0 saturated carbocycles. The van der Waals surface area contributed by atoms with Crippen molar-refractivity contribution in [3.05, 3.63) is 41.9 Å². The lowest BCUT2D eigenvalue weighted by atomic mass is 9.93. The molecule has 0 atom stereocenters. The largest absolute Gasteiger partial charge is 0.469 e. The molecule has 1 aliphatic rings. The molecule has 0 spiro atoms. The fourth-order valence-electron chi connectivity index (χ4n) is 3.15. The molecule has 1 amide bonds. The number of imidazole rings is 1. The van der Waals surface area contributed by atoms with Crippen molar-refractivity contribution in [2.24, 2.45) is 5.92 Å². The van der Waals surface area contributed by atoms with Crippen molar-refractivity contribution in [1.29, 1.82) is 0 Å². The van der Waals surface area contributed by atoms with Crippen molar-refractivity contribution in [3.8, 4) is 0 Å². The molecule has 2 aromatic rings. The number of carbonyl (C=O) groups is 1. The molecular weight excluding hydrogens is 278 g/mol. The molecule has 1 aliphatic heterocycles. The molecule has 3 rings (SSSR count). The lowest BCUT2D eigenvalue weighted by Crippen LogP contribution is -2.39. The number of rotatable bonds is 5. The minimum Gasteiger partial charge on any atom is -0.469 e. The number of hydrogen-bond acceptors (Lipinski definition) is 3. The predicted molar refractivity (Wildman–Crippen MR) is 83.6 cm³/mol. The number of aryl methyl sites for hydroxylation is 1. The van der Waals surface area contributed by atoms with E-state index in [2.05, 4.69) is 16.9 Å². The molecule has 0 aromatic carbocycles. The third kappa shape index (κ3) is 3.24. The van der Waals surface area contributed by atoms with E-state index >= 15 is 0 Å². The van der Waals surface area contributed by atoms with E-state index in [1.165, 1.54) is 0 Å². The van der Waals surface area contributed by atoms with Crippen LogP contribution in [0.4, 0.5) is 0 Å². The molecule has 0 bridgehead atoms. The maximum atomic E-state index is 12.6. The summed E-state index contributed by atoms with van der Waals surface area (Å²) in [5.41, 5.74) is 0.742. The van der Waals surface area contributed by atoms with Crippen LogP contribution >= 0.6 is 0 Å². The topological polar surface area (TPSA) is 62.1 Å². The van der Waals surface area contributed by atoms with Gasteiger partial charge in [-0.05, 0) is 31.2 Å². The average Bonchev–Trinajstić information content (AvgIpc) is 3.19. The monoisotopic (exact) mass is 301 g/mol. The molecule has 0 unspecified atom stereocenters. The van der Waals surface area contributed by atoms with E-state index in [1.807, 2.05) is 17.2 Å². The standard InChI is InChI=1S/C17H23N3O2/c1-2-3-15-14(6-11-22-15)17(21)20-9-4-13(5-10-20)12-16-18-7-8-19-16/h6-8,11,13H,2-5,9-10,12H2,1H3,(H,18,19). The molecule has 0 radical (unpaired) electrons. The SMILES string of the molecule is CCCc1occc1C(=O)N1CCC(Cc2ncc[nH]2)CC1. The number of aromatic amines is 1. The highest BCUT2D eigenvalue weighted by Gasteiger charge is 2.26. The number of furan rings is 1. The second kappa shape index (κ2) is 6.81. The minimum absolute atomic E-state index is 0.119. The first-order chi connectivity index (χ1) is 10.8. The minimum atomic E-state index is 0.119. The number of H-pyrrole nitrogens is 1. The molecule has 2 aromatic heterocycles. The van der Waals surface area contributed by atoms with Gasteiger partial charge in [0.2, 0.25) is 0 Å². The Morgan fingerprint density at radius 3 is 2.95 bits per heavy atom. The van der Waals surface area contributed by atoms with E-state index < -0.39 is 0 Å². The zero-order chi connectivity index (χ0) is 15.4. The summed E-state index contributed by atoms with van der Waals surface area (Å²) in [5, 5.41) is 0. The Kier molecular flexibility index (Phi) is 4.61. The Morgan fingerprint density at radius 2 is 2.27 bits per heavy atom. The van der Waals surface area contributed by atoms with Crippen LogP contribution in [0.2, 0.25) is 0 Å². The van der Waals surface area contributed by atoms with Crippen LogP contribution in [0.5, 0.6) is 0 Å². The summed E-state index contributed by atoms with van der Waals surface area (Å²) in [7, 11) is 0. The van der Waals surface area contributed by atoms with Crippen LogP contribution in [0, 0.1) is 5.92 Å². The number of likely N-dealkylation sites (tertiary alicyclic amines) is 1. The Hall–Kier alpha value is -2.04. The third-order valence-electron chi connectivity index (χ3n) is 4.39. The van der Waals surface area contributed by atoms with Crippen LogP contribution in [0.3, 0.4) is 0 Å². The number of nitrogens with zero attached hydrogens (tertiary/aromatic N) is 2. The number of piperidine rings is 1.